The van der Waals surface area contributed by atoms with E-state index in [1.165, 1.54) is 6.07 Å². The molecule has 0 saturated heterocycles. The molecule has 0 radical (unpaired) electrons. The first-order valence-electron chi connectivity index (χ1n) is 4.05. The van der Waals surface area contributed by atoms with Crippen molar-refractivity contribution in [2.24, 2.45) is 0 Å². The SMILES string of the molecule is O=C(O)c1ccc(NCC(F)F)cc1F. The number of aromatic carboxylic acids is 1. The van der Waals surface area contributed by atoms with Gasteiger partial charge in [0.25, 0.3) is 6.43 Å². The third kappa shape index (κ3) is 3.16. The summed E-state index contributed by atoms with van der Waals surface area (Å²) in [5.41, 5.74) is -0.365. The Labute approximate surface area is 83.5 Å². The fraction of sp³-hybridized carbons (Fsp3) is 0.222. The van der Waals surface area contributed by atoms with Gasteiger partial charge in [0.1, 0.15) is 5.82 Å². The average Bonchev–Trinajstić information content (AvgIpc) is 2.14. The van der Waals surface area contributed by atoms with E-state index >= 15 is 0 Å². The van der Waals surface area contributed by atoms with Crippen LogP contribution in [0.3, 0.4) is 0 Å². The number of hydrogen-bond donors (Lipinski definition) is 2. The van der Waals surface area contributed by atoms with Gasteiger partial charge < -0.3 is 10.4 Å². The van der Waals surface area contributed by atoms with E-state index in [1.807, 2.05) is 0 Å². The molecule has 0 bridgehead atoms. The fourth-order valence-electron chi connectivity index (χ4n) is 0.994. The van der Waals surface area contributed by atoms with E-state index in [4.69, 9.17) is 5.11 Å². The molecule has 3 nitrogen and oxygen atoms in total. The highest BCUT2D eigenvalue weighted by atomic mass is 19.3. The minimum absolute atomic E-state index is 0.123. The highest BCUT2D eigenvalue weighted by Crippen LogP contribution is 2.14. The number of carboxylic acid groups (broad SMARTS) is 1. The van der Waals surface area contributed by atoms with Crippen LogP contribution >= 0.6 is 0 Å². The van der Waals surface area contributed by atoms with Gasteiger partial charge in [0.05, 0.1) is 12.1 Å². The summed E-state index contributed by atoms with van der Waals surface area (Å²) >= 11 is 0. The Hall–Kier alpha value is -1.72. The highest BCUT2D eigenvalue weighted by Gasteiger charge is 2.10. The third-order valence-electron chi connectivity index (χ3n) is 1.66. The summed E-state index contributed by atoms with van der Waals surface area (Å²) in [5, 5.41) is 10.8. The van der Waals surface area contributed by atoms with Crippen LogP contribution in [-0.2, 0) is 0 Å². The van der Waals surface area contributed by atoms with E-state index in [2.05, 4.69) is 5.32 Å². The lowest BCUT2D eigenvalue weighted by molar-refractivity contribution is 0.0692. The normalized spacial score (nSPS) is 10.4. The maximum absolute atomic E-state index is 13.0. The second kappa shape index (κ2) is 4.68. The zero-order valence-corrected chi connectivity index (χ0v) is 7.51. The lowest BCUT2D eigenvalue weighted by Gasteiger charge is -2.06. The molecule has 1 aromatic rings. The topological polar surface area (TPSA) is 49.3 Å². The van der Waals surface area contributed by atoms with Gasteiger partial charge in [0.2, 0.25) is 0 Å². The quantitative estimate of drug-likeness (QED) is 0.816. The van der Waals surface area contributed by atoms with E-state index in [1.54, 1.807) is 0 Å². The molecule has 0 spiro atoms. The molecule has 0 saturated carbocycles. The van der Waals surface area contributed by atoms with Gasteiger partial charge >= 0.3 is 5.97 Å². The van der Waals surface area contributed by atoms with Crippen LogP contribution in [0, 0.1) is 5.82 Å². The molecule has 0 fully saturated rings. The highest BCUT2D eigenvalue weighted by molar-refractivity contribution is 5.88. The van der Waals surface area contributed by atoms with Gasteiger partial charge in [-0.2, -0.15) is 0 Å². The summed E-state index contributed by atoms with van der Waals surface area (Å²) in [6, 6.07) is 3.12. The van der Waals surface area contributed by atoms with Crippen molar-refractivity contribution >= 4 is 11.7 Å². The molecular weight excluding hydrogens is 211 g/mol. The van der Waals surface area contributed by atoms with Crippen LogP contribution in [0.2, 0.25) is 0 Å². The Morgan fingerprint density at radius 2 is 2.13 bits per heavy atom. The number of anilines is 1. The van der Waals surface area contributed by atoms with E-state index in [9.17, 15) is 18.0 Å². The van der Waals surface area contributed by atoms with Gasteiger partial charge in [-0.15, -0.1) is 0 Å². The standard InChI is InChI=1S/C9H8F3NO2/c10-7-3-5(13-4-8(11)12)1-2-6(7)9(14)15/h1-3,8,13H,4H2,(H,14,15). The van der Waals surface area contributed by atoms with E-state index in [-0.39, 0.29) is 5.69 Å². The molecule has 6 heteroatoms. The molecule has 0 heterocycles. The lowest BCUT2D eigenvalue weighted by atomic mass is 10.2. The first-order valence-corrected chi connectivity index (χ1v) is 4.05. The molecule has 0 atom stereocenters. The van der Waals surface area contributed by atoms with Crippen LogP contribution in [0.4, 0.5) is 18.9 Å². The minimum atomic E-state index is -2.55. The van der Waals surface area contributed by atoms with Gasteiger partial charge in [-0.3, -0.25) is 0 Å². The van der Waals surface area contributed by atoms with Crippen LogP contribution in [0.15, 0.2) is 18.2 Å². The molecule has 0 aliphatic rings. The van der Waals surface area contributed by atoms with Crippen LogP contribution in [0.5, 0.6) is 0 Å². The fourth-order valence-corrected chi connectivity index (χ4v) is 0.994. The molecule has 2 N–H and O–H groups in total. The van der Waals surface area contributed by atoms with Gasteiger partial charge in [-0.05, 0) is 18.2 Å². The van der Waals surface area contributed by atoms with Crippen molar-refractivity contribution in [1.29, 1.82) is 0 Å². The Morgan fingerprint density at radius 1 is 1.47 bits per heavy atom. The van der Waals surface area contributed by atoms with Crippen molar-refractivity contribution in [3.05, 3.63) is 29.6 Å². The van der Waals surface area contributed by atoms with Gasteiger partial charge in [0.15, 0.2) is 0 Å². The second-order valence-corrected chi connectivity index (χ2v) is 2.77. The molecule has 0 aromatic heterocycles. The number of benzene rings is 1. The molecule has 1 aromatic carbocycles. The molecular formula is C9H8F3NO2. The number of alkyl halides is 2. The lowest BCUT2D eigenvalue weighted by Crippen LogP contribution is -2.11. The molecule has 82 valence electrons. The molecule has 0 aliphatic carbocycles. The van der Waals surface area contributed by atoms with Crippen molar-refractivity contribution in [2.45, 2.75) is 6.43 Å². The number of hydrogen-bond acceptors (Lipinski definition) is 2. The van der Waals surface area contributed by atoms with Crippen molar-refractivity contribution in [2.75, 3.05) is 11.9 Å². The molecule has 0 amide bonds. The number of rotatable bonds is 4. The summed E-state index contributed by atoms with van der Waals surface area (Å²) in [6.45, 7) is -0.605. The predicted molar refractivity (Wildman–Crippen MR) is 47.9 cm³/mol. The van der Waals surface area contributed by atoms with Gasteiger partial charge in [0, 0.05) is 5.69 Å². The van der Waals surface area contributed by atoms with Gasteiger partial charge in [-0.25, -0.2) is 18.0 Å². The molecule has 0 unspecified atom stereocenters. The maximum atomic E-state index is 13.0. The minimum Gasteiger partial charge on any atom is -0.478 e. The monoisotopic (exact) mass is 219 g/mol. The number of nitrogens with one attached hydrogen (secondary N) is 1. The summed E-state index contributed by atoms with van der Waals surface area (Å²) < 4.78 is 36.6. The largest absolute Gasteiger partial charge is 0.478 e. The van der Waals surface area contributed by atoms with Crippen LogP contribution in [0.25, 0.3) is 0 Å². The van der Waals surface area contributed by atoms with Crippen molar-refractivity contribution in [3.63, 3.8) is 0 Å². The van der Waals surface area contributed by atoms with E-state index in [0.717, 1.165) is 12.1 Å². The molecule has 15 heavy (non-hydrogen) atoms. The van der Waals surface area contributed by atoms with Crippen molar-refractivity contribution in [1.82, 2.24) is 0 Å². The molecule has 0 aliphatic heterocycles. The number of carbonyl (C=O) groups is 1. The van der Waals surface area contributed by atoms with Crippen molar-refractivity contribution < 1.29 is 23.1 Å². The number of carboxylic acids is 1. The average molecular weight is 219 g/mol. The Balaban J connectivity index is 2.78. The first-order chi connectivity index (χ1) is 7.00. The first kappa shape index (κ1) is 11.4. The zero-order valence-electron chi connectivity index (χ0n) is 7.51. The van der Waals surface area contributed by atoms with E-state index in [0.29, 0.717) is 0 Å². The Morgan fingerprint density at radius 3 is 2.60 bits per heavy atom. The predicted octanol–water partition coefficient (Wildman–Crippen LogP) is 2.20. The Bertz CT molecular complexity index is 368. The summed E-state index contributed by atoms with van der Waals surface area (Å²) in [5.74, 6) is -2.35. The summed E-state index contributed by atoms with van der Waals surface area (Å²) in [7, 11) is 0. The summed E-state index contributed by atoms with van der Waals surface area (Å²) in [4.78, 5) is 10.4. The van der Waals surface area contributed by atoms with Crippen LogP contribution < -0.4 is 5.32 Å². The number of halogens is 3. The van der Waals surface area contributed by atoms with Crippen LogP contribution in [-0.4, -0.2) is 24.0 Å². The van der Waals surface area contributed by atoms with Crippen molar-refractivity contribution in [3.8, 4) is 0 Å². The second-order valence-electron chi connectivity index (χ2n) is 2.77. The maximum Gasteiger partial charge on any atom is 0.338 e. The van der Waals surface area contributed by atoms with Crippen LogP contribution in [0.1, 0.15) is 10.4 Å². The summed E-state index contributed by atoms with van der Waals surface area (Å²) in [6.07, 6.45) is -2.55. The Kier molecular flexibility index (Phi) is 3.54. The van der Waals surface area contributed by atoms with Gasteiger partial charge in [-0.1, -0.05) is 0 Å². The third-order valence-corrected chi connectivity index (χ3v) is 1.66. The smallest absolute Gasteiger partial charge is 0.338 e. The van der Waals surface area contributed by atoms with E-state index < -0.39 is 30.3 Å². The zero-order chi connectivity index (χ0) is 11.4. The molecule has 1 rings (SSSR count).